The lowest BCUT2D eigenvalue weighted by Crippen LogP contribution is -2.40. The molecule has 0 spiro atoms. The maximum Gasteiger partial charge on any atom is 0.247 e. The fourth-order valence-electron chi connectivity index (χ4n) is 3.39. The van der Waals surface area contributed by atoms with Crippen molar-refractivity contribution in [1.82, 2.24) is 14.3 Å². The highest BCUT2D eigenvalue weighted by Crippen LogP contribution is 2.32. The number of methoxy groups -OCH3 is 1. The molecule has 12 heteroatoms. The second kappa shape index (κ2) is 11.5. The second-order valence-electron chi connectivity index (χ2n) is 7.55. The summed E-state index contributed by atoms with van der Waals surface area (Å²) in [6.45, 7) is 4.77. The molecule has 188 valence electrons. The highest BCUT2D eigenvalue weighted by molar-refractivity contribution is 7.99. The number of morpholine rings is 1. The summed E-state index contributed by atoms with van der Waals surface area (Å²) in [6, 6.07) is 13.9. The summed E-state index contributed by atoms with van der Waals surface area (Å²) >= 11 is 1.43. The maximum absolute atomic E-state index is 13.1. The summed E-state index contributed by atoms with van der Waals surface area (Å²) < 4.78 is 38.2. The number of rotatable bonds is 9. The minimum Gasteiger partial charge on any atom is -0.495 e. The molecule has 1 saturated heterocycles. The van der Waals surface area contributed by atoms with Crippen molar-refractivity contribution in [3.8, 4) is 5.75 Å². The van der Waals surface area contributed by atoms with Gasteiger partial charge in [0, 0.05) is 41.6 Å². The van der Waals surface area contributed by atoms with Crippen molar-refractivity contribution < 1.29 is 22.7 Å². The summed E-state index contributed by atoms with van der Waals surface area (Å²) in [4.78, 5) is 21.2. The fourth-order valence-corrected chi connectivity index (χ4v) is 5.71. The molecule has 1 aromatic heterocycles. The Morgan fingerprint density at radius 2 is 1.86 bits per heavy atom. The molecule has 0 radical (unpaired) electrons. The summed E-state index contributed by atoms with van der Waals surface area (Å²) in [5.74, 6) is 0.298. The molecule has 0 atom stereocenters. The molecule has 10 nitrogen and oxygen atoms in total. The van der Waals surface area contributed by atoms with Crippen LogP contribution in [0.5, 0.6) is 5.75 Å². The highest BCUT2D eigenvalue weighted by Gasteiger charge is 2.29. The van der Waals surface area contributed by atoms with Gasteiger partial charge in [-0.05, 0) is 48.5 Å². The largest absolute Gasteiger partial charge is 0.495 e. The third kappa shape index (κ3) is 6.21. The molecule has 1 aliphatic rings. The van der Waals surface area contributed by atoms with Crippen LogP contribution >= 0.6 is 11.8 Å². The number of carbonyl (C=O) groups excluding carboxylic acids is 1. The summed E-state index contributed by atoms with van der Waals surface area (Å²) in [7, 11) is -2.28. The first kappa shape index (κ1) is 25.6. The molecule has 0 aliphatic carbocycles. The molecule has 3 aromatic rings. The molecule has 36 heavy (non-hydrogen) atoms. The third-order valence-electron chi connectivity index (χ3n) is 5.17. The molecular formula is C24H25N5O5S2. The van der Waals surface area contributed by atoms with Crippen LogP contribution in [0.2, 0.25) is 0 Å². The molecule has 4 rings (SSSR count). The summed E-state index contributed by atoms with van der Waals surface area (Å²) in [5, 5.41) is 6.50. The van der Waals surface area contributed by atoms with Gasteiger partial charge in [-0.25, -0.2) is 18.4 Å². The van der Waals surface area contributed by atoms with Crippen LogP contribution in [0.1, 0.15) is 0 Å². The van der Waals surface area contributed by atoms with Crippen LogP contribution in [-0.2, 0) is 19.6 Å². The Kier molecular flexibility index (Phi) is 8.21. The van der Waals surface area contributed by atoms with Gasteiger partial charge in [-0.2, -0.15) is 4.31 Å². The number of amides is 1. The predicted molar refractivity (Wildman–Crippen MR) is 137 cm³/mol. The number of nitrogens with one attached hydrogen (secondary N) is 2. The lowest BCUT2D eigenvalue weighted by atomic mass is 10.3. The number of aromatic nitrogens is 2. The van der Waals surface area contributed by atoms with Crippen molar-refractivity contribution in [2.75, 3.05) is 44.0 Å². The van der Waals surface area contributed by atoms with Gasteiger partial charge in [0.05, 0.1) is 20.3 Å². The average Bonchev–Trinajstić information content (AvgIpc) is 2.90. The SMILES string of the molecule is C=CC(=O)Nc1ccc(Sc2ccnc(Nc3ccc(S(=O)(=O)N4CCOCC4)c(OC)c3)n2)cc1. The molecule has 1 amide bonds. The number of benzene rings is 2. The monoisotopic (exact) mass is 527 g/mol. The first-order valence-electron chi connectivity index (χ1n) is 11.0. The van der Waals surface area contributed by atoms with Crippen molar-refractivity contribution in [2.24, 2.45) is 0 Å². The third-order valence-corrected chi connectivity index (χ3v) is 8.05. The van der Waals surface area contributed by atoms with Crippen LogP contribution in [0.25, 0.3) is 0 Å². The zero-order valence-corrected chi connectivity index (χ0v) is 21.1. The van der Waals surface area contributed by atoms with Gasteiger partial charge >= 0.3 is 0 Å². The number of nitrogens with zero attached hydrogens (tertiary/aromatic N) is 3. The van der Waals surface area contributed by atoms with Gasteiger partial charge in [-0.1, -0.05) is 18.3 Å². The summed E-state index contributed by atoms with van der Waals surface area (Å²) in [5.41, 5.74) is 1.25. The smallest absolute Gasteiger partial charge is 0.247 e. The Morgan fingerprint density at radius 1 is 1.14 bits per heavy atom. The fraction of sp³-hybridized carbons (Fsp3) is 0.208. The topological polar surface area (TPSA) is 123 Å². The molecule has 0 saturated carbocycles. The number of hydrogen-bond acceptors (Lipinski definition) is 9. The van der Waals surface area contributed by atoms with E-state index in [1.807, 2.05) is 12.1 Å². The van der Waals surface area contributed by atoms with Crippen molar-refractivity contribution >= 4 is 45.0 Å². The Balaban J connectivity index is 1.47. The number of ether oxygens (including phenoxy) is 2. The first-order chi connectivity index (χ1) is 17.4. The number of sulfonamides is 1. The van der Waals surface area contributed by atoms with Crippen LogP contribution in [0, 0.1) is 0 Å². The highest BCUT2D eigenvalue weighted by atomic mass is 32.2. The number of hydrogen-bond donors (Lipinski definition) is 2. The molecule has 2 heterocycles. The Morgan fingerprint density at radius 3 is 2.56 bits per heavy atom. The predicted octanol–water partition coefficient (Wildman–Crippen LogP) is 3.53. The molecule has 1 aliphatic heterocycles. The van der Waals surface area contributed by atoms with Crippen LogP contribution in [0.15, 0.2) is 82.2 Å². The zero-order valence-electron chi connectivity index (χ0n) is 19.5. The van der Waals surface area contributed by atoms with Gasteiger partial charge in [-0.3, -0.25) is 4.79 Å². The van der Waals surface area contributed by atoms with Crippen molar-refractivity contribution in [3.63, 3.8) is 0 Å². The molecule has 0 unspecified atom stereocenters. The van der Waals surface area contributed by atoms with E-state index in [0.29, 0.717) is 48.7 Å². The quantitative estimate of drug-likeness (QED) is 0.318. The van der Waals surface area contributed by atoms with Crippen LogP contribution in [0.3, 0.4) is 0 Å². The minimum absolute atomic E-state index is 0.0930. The standard InChI is InChI=1S/C24H25N5O5S2/c1-3-22(30)26-17-4-7-19(8-5-17)35-23-10-11-25-24(28-23)27-18-6-9-21(20(16-18)33-2)36(31,32)29-12-14-34-15-13-29/h3-11,16H,1,12-15H2,2H3,(H,26,30)(H,25,27,28). The van der Waals surface area contributed by atoms with Crippen LogP contribution in [-0.4, -0.2) is 62.0 Å². The number of anilines is 3. The van der Waals surface area contributed by atoms with E-state index >= 15 is 0 Å². The normalized spacial score (nSPS) is 14.1. The molecule has 1 fully saturated rings. The molecule has 0 bridgehead atoms. The van der Waals surface area contributed by atoms with E-state index in [-0.39, 0.29) is 16.6 Å². The zero-order chi connectivity index (χ0) is 25.5. The van der Waals surface area contributed by atoms with E-state index in [1.54, 1.807) is 36.5 Å². The van der Waals surface area contributed by atoms with E-state index in [4.69, 9.17) is 9.47 Å². The van der Waals surface area contributed by atoms with E-state index in [0.717, 1.165) is 4.90 Å². The van der Waals surface area contributed by atoms with Crippen LogP contribution in [0.4, 0.5) is 17.3 Å². The number of carbonyl (C=O) groups is 1. The molecule has 2 N–H and O–H groups in total. The van der Waals surface area contributed by atoms with E-state index in [1.165, 1.54) is 35.3 Å². The Bertz CT molecular complexity index is 1340. The van der Waals surface area contributed by atoms with Crippen LogP contribution < -0.4 is 15.4 Å². The second-order valence-corrected chi connectivity index (χ2v) is 10.5. The van der Waals surface area contributed by atoms with Gasteiger partial charge in [0.1, 0.15) is 15.7 Å². The van der Waals surface area contributed by atoms with Gasteiger partial charge in [-0.15, -0.1) is 0 Å². The van der Waals surface area contributed by atoms with Crippen molar-refractivity contribution in [3.05, 3.63) is 67.4 Å². The summed E-state index contributed by atoms with van der Waals surface area (Å²) in [6.07, 6.45) is 2.84. The Labute approximate surface area is 213 Å². The van der Waals surface area contributed by atoms with Gasteiger partial charge in [0.2, 0.25) is 21.9 Å². The lowest BCUT2D eigenvalue weighted by Gasteiger charge is -2.26. The van der Waals surface area contributed by atoms with Crippen molar-refractivity contribution in [2.45, 2.75) is 14.8 Å². The van der Waals surface area contributed by atoms with Gasteiger partial charge in [0.25, 0.3) is 0 Å². The van der Waals surface area contributed by atoms with E-state index in [9.17, 15) is 13.2 Å². The minimum atomic E-state index is -3.71. The van der Waals surface area contributed by atoms with Gasteiger partial charge in [0.15, 0.2) is 0 Å². The maximum atomic E-state index is 13.1. The first-order valence-corrected chi connectivity index (χ1v) is 13.2. The molecular weight excluding hydrogens is 502 g/mol. The average molecular weight is 528 g/mol. The van der Waals surface area contributed by atoms with Gasteiger partial charge < -0.3 is 20.1 Å². The molecule has 2 aromatic carbocycles. The van der Waals surface area contributed by atoms with E-state index in [2.05, 4.69) is 27.2 Å². The van der Waals surface area contributed by atoms with Crippen molar-refractivity contribution in [1.29, 1.82) is 0 Å². The van der Waals surface area contributed by atoms with E-state index < -0.39 is 10.0 Å². The Hall–Kier alpha value is -3.45. The lowest BCUT2D eigenvalue weighted by molar-refractivity contribution is -0.111.